The monoisotopic (exact) mass is 556 g/mol. The van der Waals surface area contributed by atoms with Gasteiger partial charge in [0.25, 0.3) is 11.1 Å². The minimum absolute atomic E-state index is 0.187. The zero-order valence-corrected chi connectivity index (χ0v) is 19.6. The molecule has 0 radical (unpaired) electrons. The van der Waals surface area contributed by atoms with Gasteiger partial charge in [0.1, 0.15) is 12.4 Å². The molecular weight excluding hydrogens is 538 g/mol. The van der Waals surface area contributed by atoms with Gasteiger partial charge in [0, 0.05) is 5.69 Å². The summed E-state index contributed by atoms with van der Waals surface area (Å²) in [6.45, 7) is 1.81. The summed E-state index contributed by atoms with van der Waals surface area (Å²) in [7, 11) is 1.54. The van der Waals surface area contributed by atoms with E-state index in [0.717, 1.165) is 26.3 Å². The van der Waals surface area contributed by atoms with E-state index in [1.807, 2.05) is 6.92 Å². The van der Waals surface area contributed by atoms with Crippen molar-refractivity contribution in [3.63, 3.8) is 0 Å². The Hall–Kier alpha value is -2.60. The molecule has 0 saturated carbocycles. The minimum atomic E-state index is -0.605. The Bertz CT molecular complexity index is 1080. The summed E-state index contributed by atoms with van der Waals surface area (Å²) in [5.74, 6) is -0.578. The maximum atomic E-state index is 13.3. The highest BCUT2D eigenvalue weighted by molar-refractivity contribution is 14.1. The molecule has 162 valence electrons. The van der Waals surface area contributed by atoms with Gasteiger partial charge in [-0.05, 0) is 83.2 Å². The molecular formula is C21H18FIN2O5S. The van der Waals surface area contributed by atoms with Crippen molar-refractivity contribution < 1.29 is 28.2 Å². The lowest BCUT2D eigenvalue weighted by molar-refractivity contribution is -0.127. The van der Waals surface area contributed by atoms with Crippen LogP contribution in [-0.4, -0.2) is 42.2 Å². The van der Waals surface area contributed by atoms with Gasteiger partial charge in [-0.2, -0.15) is 0 Å². The molecule has 1 N–H and O–H groups in total. The zero-order chi connectivity index (χ0) is 22.5. The van der Waals surface area contributed by atoms with E-state index in [2.05, 4.69) is 27.9 Å². The normalized spacial score (nSPS) is 14.8. The number of nitrogens with zero attached hydrogens (tertiary/aromatic N) is 1. The number of anilines is 1. The number of thioether (sulfide) groups is 1. The first-order chi connectivity index (χ1) is 14.8. The largest absolute Gasteiger partial charge is 0.492 e. The number of hydrogen-bond acceptors (Lipinski definition) is 6. The number of hydrogen-bond donors (Lipinski definition) is 1. The summed E-state index contributed by atoms with van der Waals surface area (Å²) in [6, 6.07) is 8.86. The van der Waals surface area contributed by atoms with Gasteiger partial charge < -0.3 is 14.8 Å². The highest BCUT2D eigenvalue weighted by atomic mass is 127. The van der Waals surface area contributed by atoms with Crippen molar-refractivity contribution in [1.82, 2.24) is 4.90 Å². The Morgan fingerprint density at radius 3 is 2.74 bits per heavy atom. The molecule has 1 aliphatic rings. The van der Waals surface area contributed by atoms with Crippen LogP contribution in [0, 0.1) is 9.39 Å². The van der Waals surface area contributed by atoms with E-state index in [-0.39, 0.29) is 10.6 Å². The lowest BCUT2D eigenvalue weighted by atomic mass is 10.2. The van der Waals surface area contributed by atoms with E-state index in [1.165, 1.54) is 18.2 Å². The van der Waals surface area contributed by atoms with Crippen LogP contribution >= 0.6 is 34.4 Å². The van der Waals surface area contributed by atoms with Gasteiger partial charge >= 0.3 is 0 Å². The van der Waals surface area contributed by atoms with Gasteiger partial charge in [0.15, 0.2) is 11.5 Å². The predicted octanol–water partition coefficient (Wildman–Crippen LogP) is 4.51. The number of amides is 3. The Labute approximate surface area is 196 Å². The van der Waals surface area contributed by atoms with Crippen molar-refractivity contribution in [2.45, 2.75) is 6.92 Å². The first-order valence-electron chi connectivity index (χ1n) is 9.13. The molecule has 10 heteroatoms. The third-order valence-corrected chi connectivity index (χ3v) is 5.83. The zero-order valence-electron chi connectivity index (χ0n) is 16.6. The van der Waals surface area contributed by atoms with E-state index in [0.29, 0.717) is 23.7 Å². The second-order valence-corrected chi connectivity index (χ2v) is 8.45. The molecule has 3 rings (SSSR count). The van der Waals surface area contributed by atoms with Crippen LogP contribution in [0.5, 0.6) is 11.5 Å². The third-order valence-electron chi connectivity index (χ3n) is 4.12. The van der Waals surface area contributed by atoms with Gasteiger partial charge in [-0.25, -0.2) is 4.39 Å². The molecule has 1 saturated heterocycles. The fourth-order valence-corrected chi connectivity index (χ4v) is 4.51. The number of nitrogens with one attached hydrogen (secondary N) is 1. The molecule has 0 spiro atoms. The summed E-state index contributed by atoms with van der Waals surface area (Å²) in [4.78, 5) is 38.3. The highest BCUT2D eigenvalue weighted by Gasteiger charge is 2.36. The van der Waals surface area contributed by atoms with Crippen LogP contribution in [0.1, 0.15) is 12.5 Å². The predicted molar refractivity (Wildman–Crippen MR) is 125 cm³/mol. The molecule has 2 aromatic rings. The smallest absolute Gasteiger partial charge is 0.294 e. The van der Waals surface area contributed by atoms with E-state index >= 15 is 0 Å². The van der Waals surface area contributed by atoms with Crippen molar-refractivity contribution in [2.24, 2.45) is 0 Å². The molecule has 1 heterocycles. The number of ether oxygens (including phenoxy) is 2. The van der Waals surface area contributed by atoms with Crippen LogP contribution in [0.25, 0.3) is 6.08 Å². The SMILES string of the molecule is CCOc1cc(/C=C2/SC(=O)N(CC(=O)Nc3cccc(F)c3)C2=O)cc(I)c1OC. The lowest BCUT2D eigenvalue weighted by Gasteiger charge is -2.13. The van der Waals surface area contributed by atoms with Crippen LogP contribution in [0.4, 0.5) is 14.9 Å². The minimum Gasteiger partial charge on any atom is -0.492 e. The standard InChI is InChI=1S/C21H18FIN2O5S/c1-3-30-16-8-12(7-15(23)19(16)29-2)9-17-20(27)25(21(28)31-17)11-18(26)24-14-6-4-5-13(22)10-14/h4-10H,3,11H2,1-2H3,(H,24,26)/b17-9+. The average molecular weight is 556 g/mol. The summed E-state index contributed by atoms with van der Waals surface area (Å²) in [5.41, 5.74) is 0.895. The van der Waals surface area contributed by atoms with E-state index in [9.17, 15) is 18.8 Å². The molecule has 1 fully saturated rings. The fraction of sp³-hybridized carbons (Fsp3) is 0.190. The van der Waals surface area contributed by atoms with Gasteiger partial charge in [-0.1, -0.05) is 6.07 Å². The quantitative estimate of drug-likeness (QED) is 0.399. The topological polar surface area (TPSA) is 84.9 Å². The molecule has 3 amide bonds. The average Bonchev–Trinajstić information content (AvgIpc) is 2.95. The van der Waals surface area contributed by atoms with Gasteiger partial charge in [-0.3, -0.25) is 19.3 Å². The highest BCUT2D eigenvalue weighted by Crippen LogP contribution is 2.37. The summed E-state index contributed by atoms with van der Waals surface area (Å²) < 4.78 is 25.0. The van der Waals surface area contributed by atoms with E-state index < -0.39 is 29.4 Å². The second kappa shape index (κ2) is 10.1. The molecule has 0 bridgehead atoms. The van der Waals surface area contributed by atoms with Crippen LogP contribution in [0.15, 0.2) is 41.3 Å². The van der Waals surface area contributed by atoms with Gasteiger partial charge in [-0.15, -0.1) is 0 Å². The Kier molecular flexibility index (Phi) is 7.55. The van der Waals surface area contributed by atoms with Gasteiger partial charge in [0.2, 0.25) is 5.91 Å². The van der Waals surface area contributed by atoms with Crippen LogP contribution < -0.4 is 14.8 Å². The number of methoxy groups -OCH3 is 1. The van der Waals surface area contributed by atoms with Crippen LogP contribution in [0.2, 0.25) is 0 Å². The molecule has 1 aliphatic heterocycles. The first kappa shape index (κ1) is 23.1. The maximum absolute atomic E-state index is 13.3. The van der Waals surface area contributed by atoms with E-state index in [4.69, 9.17) is 9.47 Å². The van der Waals surface area contributed by atoms with E-state index in [1.54, 1.807) is 25.3 Å². The number of carbonyl (C=O) groups is 3. The number of benzene rings is 2. The number of carbonyl (C=O) groups excluding carboxylic acids is 3. The number of halogens is 2. The molecule has 7 nitrogen and oxygen atoms in total. The number of rotatable bonds is 7. The van der Waals surface area contributed by atoms with Crippen molar-refractivity contribution in [1.29, 1.82) is 0 Å². The number of imide groups is 1. The Morgan fingerprint density at radius 2 is 2.06 bits per heavy atom. The summed E-state index contributed by atoms with van der Waals surface area (Å²) >= 11 is 2.84. The molecule has 2 aromatic carbocycles. The summed E-state index contributed by atoms with van der Waals surface area (Å²) in [6.07, 6.45) is 1.57. The molecule has 0 aliphatic carbocycles. The fourth-order valence-electron chi connectivity index (χ4n) is 2.83. The molecule has 0 unspecified atom stereocenters. The van der Waals surface area contributed by atoms with Crippen molar-refractivity contribution in [3.05, 3.63) is 56.3 Å². The molecule has 31 heavy (non-hydrogen) atoms. The van der Waals surface area contributed by atoms with Crippen LogP contribution in [-0.2, 0) is 9.59 Å². The van der Waals surface area contributed by atoms with Crippen LogP contribution in [0.3, 0.4) is 0 Å². The Morgan fingerprint density at radius 1 is 1.29 bits per heavy atom. The third kappa shape index (κ3) is 5.56. The first-order valence-corrected chi connectivity index (χ1v) is 11.0. The lowest BCUT2D eigenvalue weighted by Crippen LogP contribution is -2.36. The van der Waals surface area contributed by atoms with Crippen molar-refractivity contribution in [3.8, 4) is 11.5 Å². The van der Waals surface area contributed by atoms with Crippen molar-refractivity contribution in [2.75, 3.05) is 25.6 Å². The summed E-state index contributed by atoms with van der Waals surface area (Å²) in [5, 5.41) is 1.92. The molecule has 0 atom stereocenters. The maximum Gasteiger partial charge on any atom is 0.294 e. The second-order valence-electron chi connectivity index (χ2n) is 6.29. The Balaban J connectivity index is 1.76. The van der Waals surface area contributed by atoms with Gasteiger partial charge in [0.05, 0.1) is 22.2 Å². The van der Waals surface area contributed by atoms with Crippen molar-refractivity contribution >= 4 is 63.2 Å². The molecule has 0 aromatic heterocycles.